The highest BCUT2D eigenvalue weighted by atomic mass is 35.5. The van der Waals surface area contributed by atoms with Crippen LogP contribution in [0, 0.1) is 10.1 Å². The Labute approximate surface area is 142 Å². The molecule has 0 radical (unpaired) electrons. The Balaban J connectivity index is 1.85. The lowest BCUT2D eigenvalue weighted by Crippen LogP contribution is -2.28. The number of non-ortho nitro benzene ring substituents is 1. The van der Waals surface area contributed by atoms with Gasteiger partial charge in [0, 0.05) is 23.7 Å². The van der Waals surface area contributed by atoms with Gasteiger partial charge in [0.2, 0.25) is 0 Å². The predicted molar refractivity (Wildman–Crippen MR) is 86.7 cm³/mol. The van der Waals surface area contributed by atoms with Crippen molar-refractivity contribution in [1.29, 1.82) is 0 Å². The van der Waals surface area contributed by atoms with Crippen LogP contribution < -0.4 is 5.32 Å². The fraction of sp³-hybridized carbons (Fsp3) is 0.125. The Kier molecular flexibility index (Phi) is 5.86. The topological polar surface area (TPSA) is 98.5 Å². The molecule has 2 aromatic carbocycles. The SMILES string of the molecule is O=C(COC(=O)c1cccc([N+](=O)[O-])c1)NCc1ccccc1Cl. The maximum atomic E-state index is 11.8. The average molecular weight is 349 g/mol. The number of nitrogens with zero attached hydrogens (tertiary/aromatic N) is 1. The highest BCUT2D eigenvalue weighted by molar-refractivity contribution is 6.31. The third kappa shape index (κ3) is 4.79. The molecule has 0 unspecified atom stereocenters. The van der Waals surface area contributed by atoms with E-state index in [0.717, 1.165) is 11.6 Å². The number of rotatable bonds is 6. The zero-order chi connectivity index (χ0) is 17.5. The first-order valence-electron chi connectivity index (χ1n) is 6.89. The first-order valence-corrected chi connectivity index (χ1v) is 7.27. The minimum absolute atomic E-state index is 0.00287. The largest absolute Gasteiger partial charge is 0.452 e. The summed E-state index contributed by atoms with van der Waals surface area (Å²) < 4.78 is 4.84. The molecule has 0 aliphatic heterocycles. The number of carbonyl (C=O) groups excluding carboxylic acids is 2. The minimum atomic E-state index is -0.813. The number of nitro groups is 1. The van der Waals surface area contributed by atoms with Gasteiger partial charge in [0.05, 0.1) is 10.5 Å². The van der Waals surface area contributed by atoms with Gasteiger partial charge in [-0.3, -0.25) is 14.9 Å². The van der Waals surface area contributed by atoms with E-state index in [1.54, 1.807) is 24.3 Å². The number of amides is 1. The van der Waals surface area contributed by atoms with Crippen LogP contribution in [0.15, 0.2) is 48.5 Å². The Morgan fingerprint density at radius 1 is 1.17 bits per heavy atom. The van der Waals surface area contributed by atoms with Gasteiger partial charge >= 0.3 is 5.97 Å². The highest BCUT2D eigenvalue weighted by Gasteiger charge is 2.14. The number of nitro benzene ring substituents is 1. The zero-order valence-electron chi connectivity index (χ0n) is 12.4. The summed E-state index contributed by atoms with van der Waals surface area (Å²) in [4.78, 5) is 33.6. The lowest BCUT2D eigenvalue weighted by Gasteiger charge is -2.08. The van der Waals surface area contributed by atoms with Crippen molar-refractivity contribution in [3.63, 3.8) is 0 Å². The number of benzene rings is 2. The Morgan fingerprint density at radius 3 is 2.62 bits per heavy atom. The average Bonchev–Trinajstić information content (AvgIpc) is 2.59. The van der Waals surface area contributed by atoms with Crippen LogP contribution >= 0.6 is 11.6 Å². The van der Waals surface area contributed by atoms with Gasteiger partial charge in [-0.1, -0.05) is 35.9 Å². The van der Waals surface area contributed by atoms with Crippen LogP contribution in [-0.4, -0.2) is 23.4 Å². The van der Waals surface area contributed by atoms with E-state index < -0.39 is 23.4 Å². The zero-order valence-corrected chi connectivity index (χ0v) is 13.2. The van der Waals surface area contributed by atoms with Gasteiger partial charge in [0.15, 0.2) is 6.61 Å². The summed E-state index contributed by atoms with van der Waals surface area (Å²) in [6.45, 7) is -0.293. The first kappa shape index (κ1) is 17.4. The van der Waals surface area contributed by atoms with Crippen molar-refractivity contribution in [2.45, 2.75) is 6.54 Å². The molecule has 1 N–H and O–H groups in total. The fourth-order valence-corrected chi connectivity index (χ4v) is 2.05. The lowest BCUT2D eigenvalue weighted by atomic mass is 10.2. The second-order valence-corrected chi connectivity index (χ2v) is 5.16. The van der Waals surface area contributed by atoms with E-state index in [1.165, 1.54) is 18.2 Å². The van der Waals surface area contributed by atoms with Crippen LogP contribution in [0.4, 0.5) is 5.69 Å². The summed E-state index contributed by atoms with van der Waals surface area (Å²) in [7, 11) is 0. The van der Waals surface area contributed by atoms with Crippen molar-refractivity contribution in [1.82, 2.24) is 5.32 Å². The normalized spacial score (nSPS) is 10.0. The Morgan fingerprint density at radius 2 is 1.92 bits per heavy atom. The van der Waals surface area contributed by atoms with Crippen molar-refractivity contribution in [3.8, 4) is 0 Å². The first-order chi connectivity index (χ1) is 11.5. The smallest absolute Gasteiger partial charge is 0.338 e. The van der Waals surface area contributed by atoms with Gasteiger partial charge in [0.1, 0.15) is 0 Å². The van der Waals surface area contributed by atoms with E-state index in [4.69, 9.17) is 16.3 Å². The third-order valence-electron chi connectivity index (χ3n) is 3.06. The summed E-state index contributed by atoms with van der Waals surface area (Å²) in [6, 6.07) is 12.1. The molecule has 0 aliphatic rings. The number of hydrogen-bond acceptors (Lipinski definition) is 5. The number of carbonyl (C=O) groups is 2. The number of nitrogens with one attached hydrogen (secondary N) is 1. The number of hydrogen-bond donors (Lipinski definition) is 1. The molecule has 0 fully saturated rings. The molecule has 0 atom stereocenters. The molecular formula is C16H13ClN2O5. The van der Waals surface area contributed by atoms with Crippen molar-refractivity contribution < 1.29 is 19.2 Å². The van der Waals surface area contributed by atoms with Crippen molar-refractivity contribution in [3.05, 3.63) is 74.8 Å². The predicted octanol–water partition coefficient (Wildman–Crippen LogP) is 2.72. The number of esters is 1. The molecule has 0 aromatic heterocycles. The van der Waals surface area contributed by atoms with Gasteiger partial charge in [-0.15, -0.1) is 0 Å². The van der Waals surface area contributed by atoms with E-state index >= 15 is 0 Å². The van der Waals surface area contributed by atoms with Crippen LogP contribution in [0.25, 0.3) is 0 Å². The van der Waals surface area contributed by atoms with E-state index in [0.29, 0.717) is 5.02 Å². The molecule has 7 nitrogen and oxygen atoms in total. The van der Waals surface area contributed by atoms with Crippen LogP contribution in [-0.2, 0) is 16.1 Å². The third-order valence-corrected chi connectivity index (χ3v) is 3.43. The van der Waals surface area contributed by atoms with E-state index in [1.807, 2.05) is 0 Å². The second-order valence-electron chi connectivity index (χ2n) is 4.75. The summed E-state index contributed by atoms with van der Waals surface area (Å²) in [5, 5.41) is 13.8. The van der Waals surface area contributed by atoms with Crippen molar-refractivity contribution >= 4 is 29.2 Å². The number of ether oxygens (including phenoxy) is 1. The quantitative estimate of drug-likeness (QED) is 0.491. The lowest BCUT2D eigenvalue weighted by molar-refractivity contribution is -0.384. The summed E-state index contributed by atoms with van der Waals surface area (Å²) in [6.07, 6.45) is 0. The summed E-state index contributed by atoms with van der Waals surface area (Å²) in [5.41, 5.74) is 0.508. The second kappa shape index (κ2) is 8.07. The molecule has 0 saturated heterocycles. The van der Waals surface area contributed by atoms with Crippen LogP contribution in [0.2, 0.25) is 5.02 Å². The van der Waals surface area contributed by atoms with Gasteiger partial charge in [0.25, 0.3) is 11.6 Å². The van der Waals surface area contributed by atoms with Crippen LogP contribution in [0.3, 0.4) is 0 Å². The minimum Gasteiger partial charge on any atom is -0.452 e. The van der Waals surface area contributed by atoms with Crippen molar-refractivity contribution in [2.24, 2.45) is 0 Å². The molecule has 1 amide bonds. The molecule has 124 valence electrons. The van der Waals surface area contributed by atoms with Crippen molar-refractivity contribution in [2.75, 3.05) is 6.61 Å². The molecule has 0 saturated carbocycles. The van der Waals surface area contributed by atoms with Gasteiger partial charge in [-0.2, -0.15) is 0 Å². The Hall–Kier alpha value is -2.93. The molecule has 0 bridgehead atoms. The molecule has 8 heteroatoms. The molecule has 0 heterocycles. The number of halogens is 1. The van der Waals surface area contributed by atoms with Gasteiger partial charge in [-0.25, -0.2) is 4.79 Å². The highest BCUT2D eigenvalue weighted by Crippen LogP contribution is 2.15. The van der Waals surface area contributed by atoms with E-state index in [-0.39, 0.29) is 17.8 Å². The summed E-state index contributed by atoms with van der Waals surface area (Å²) in [5.74, 6) is -1.32. The molecule has 0 aliphatic carbocycles. The molecular weight excluding hydrogens is 336 g/mol. The van der Waals surface area contributed by atoms with Gasteiger partial charge in [-0.05, 0) is 17.7 Å². The molecule has 24 heavy (non-hydrogen) atoms. The monoisotopic (exact) mass is 348 g/mol. The summed E-state index contributed by atoms with van der Waals surface area (Å²) >= 11 is 5.96. The molecule has 2 aromatic rings. The van der Waals surface area contributed by atoms with Crippen LogP contribution in [0.5, 0.6) is 0 Å². The molecule has 0 spiro atoms. The van der Waals surface area contributed by atoms with Crippen LogP contribution in [0.1, 0.15) is 15.9 Å². The maximum absolute atomic E-state index is 11.8. The standard InChI is InChI=1S/C16H13ClN2O5/c17-14-7-2-1-4-12(14)9-18-15(20)10-24-16(21)11-5-3-6-13(8-11)19(22)23/h1-8H,9-10H2,(H,18,20). The van der Waals surface area contributed by atoms with E-state index in [9.17, 15) is 19.7 Å². The maximum Gasteiger partial charge on any atom is 0.338 e. The molecule has 2 rings (SSSR count). The van der Waals surface area contributed by atoms with E-state index in [2.05, 4.69) is 5.32 Å². The fourth-order valence-electron chi connectivity index (χ4n) is 1.85. The van der Waals surface area contributed by atoms with Gasteiger partial charge < -0.3 is 10.1 Å². The Bertz CT molecular complexity index is 779.